The fourth-order valence-electron chi connectivity index (χ4n) is 7.18. The summed E-state index contributed by atoms with van der Waals surface area (Å²) in [6.45, 7) is 31.2. The Hall–Kier alpha value is -7.73. The van der Waals surface area contributed by atoms with Crippen molar-refractivity contribution in [2.75, 3.05) is 0 Å². The standard InChI is InChI=1S/C37H3F11N6/c1-8-26(38)19-11(9(6-49)51-2)13-15(21(19)28(40)27(8)39)14-12(10(7-50)52-3)20-22(30(42)34(46)33(45)29(20)41)16(14)18-17(13)23-24(25(18)37(53-4)54-5)32(44)36(48)35(47)31(23)43/h1H3. The number of hydrogen-bond donors (Lipinski definition) is 0. The zero-order valence-electron chi connectivity index (χ0n) is 25.8. The van der Waals surface area contributed by atoms with Gasteiger partial charge in [0, 0.05) is 61.2 Å². The molecule has 0 unspecified atom stereocenters. The number of rotatable bonds is 0. The molecule has 0 bridgehead atoms. The summed E-state index contributed by atoms with van der Waals surface area (Å²) in [6, 6.07) is 2.63. The highest BCUT2D eigenvalue weighted by atomic mass is 19.2. The van der Waals surface area contributed by atoms with Crippen LogP contribution in [-0.4, -0.2) is 0 Å². The summed E-state index contributed by atoms with van der Waals surface area (Å²) in [5.41, 5.74) is -22.7. The van der Waals surface area contributed by atoms with Gasteiger partial charge in [-0.3, -0.25) is 0 Å². The van der Waals surface area contributed by atoms with Crippen molar-refractivity contribution in [3.63, 3.8) is 0 Å². The second kappa shape index (κ2) is 11.4. The van der Waals surface area contributed by atoms with Gasteiger partial charge >= 0.3 is 5.82 Å². The molecule has 0 spiro atoms. The quantitative estimate of drug-likeness (QED) is 0.0511. The van der Waals surface area contributed by atoms with Crippen molar-refractivity contribution < 1.29 is 48.3 Å². The van der Waals surface area contributed by atoms with Crippen molar-refractivity contribution in [3.8, 4) is 45.5 Å². The number of allylic oxidation sites excluding steroid dienone is 2. The van der Waals surface area contributed by atoms with Crippen LogP contribution in [0.25, 0.3) is 69.5 Å². The fraction of sp³-hybridized carbons (Fsp3) is 0.0270. The smallest absolute Gasteiger partial charge is 0.226 e. The third-order valence-corrected chi connectivity index (χ3v) is 9.17. The zero-order chi connectivity index (χ0) is 39.6. The Morgan fingerprint density at radius 1 is 0.370 bits per heavy atom. The lowest BCUT2D eigenvalue weighted by Crippen LogP contribution is -2.03. The third-order valence-electron chi connectivity index (χ3n) is 9.17. The van der Waals surface area contributed by atoms with Gasteiger partial charge in [0.05, 0.1) is 30.9 Å². The van der Waals surface area contributed by atoms with Crippen LogP contribution in [0.4, 0.5) is 48.3 Å². The van der Waals surface area contributed by atoms with Crippen LogP contribution in [0.5, 0.6) is 0 Å². The van der Waals surface area contributed by atoms with Crippen molar-refractivity contribution in [1.82, 2.24) is 0 Å². The molecule has 0 saturated heterocycles. The van der Waals surface area contributed by atoms with E-state index in [1.54, 1.807) is 0 Å². The first-order chi connectivity index (χ1) is 25.6. The van der Waals surface area contributed by atoms with Crippen LogP contribution in [0, 0.1) is 120 Å². The van der Waals surface area contributed by atoms with Crippen LogP contribution in [0.3, 0.4) is 0 Å². The van der Waals surface area contributed by atoms with Crippen LogP contribution in [-0.2, 0) is 0 Å². The third kappa shape index (κ3) is 3.77. The Kier molecular flexibility index (Phi) is 7.32. The van der Waals surface area contributed by atoms with E-state index in [1.165, 1.54) is 12.1 Å². The average molecular weight is 740 g/mol. The van der Waals surface area contributed by atoms with Crippen LogP contribution >= 0.6 is 0 Å². The first kappa shape index (κ1) is 34.7. The number of hydrogen-bond acceptors (Lipinski definition) is 2. The normalized spacial score (nSPS) is 14.2. The van der Waals surface area contributed by atoms with Gasteiger partial charge in [-0.2, -0.15) is 9.69 Å². The molecule has 0 radical (unpaired) electrons. The minimum Gasteiger partial charge on any atom is -0.226 e. The molecule has 7 rings (SSSR count). The molecule has 4 aromatic carbocycles. The van der Waals surface area contributed by atoms with Crippen LogP contribution in [0.2, 0.25) is 0 Å². The molecular weight excluding hydrogens is 737 g/mol. The lowest BCUT2D eigenvalue weighted by molar-refractivity contribution is 0.410. The van der Waals surface area contributed by atoms with Crippen LogP contribution in [0.1, 0.15) is 38.9 Å². The number of fused-ring (bicyclic) bond motifs is 12. The van der Waals surface area contributed by atoms with Crippen molar-refractivity contribution >= 4 is 16.7 Å². The summed E-state index contributed by atoms with van der Waals surface area (Å²) < 4.78 is 173. The SMILES string of the molecule is [C-]#[N+]C(C#N)=C1c2c(F)c(C)c(F)c(F)c2-c2c1c1c(c3c2C(=C(C#N)[N+]#[C-])c2c(F)c(F)c(F)c(F)c2-3)C(=C([N+]#[C-])[N+]#[C-])c2c(F)c(F)c(F)c(F)c2-1. The van der Waals surface area contributed by atoms with Crippen molar-refractivity contribution in [3.05, 3.63) is 166 Å². The molecule has 0 saturated carbocycles. The van der Waals surface area contributed by atoms with E-state index in [0.717, 1.165) is 0 Å². The second-order valence-electron chi connectivity index (χ2n) is 11.4. The van der Waals surface area contributed by atoms with Gasteiger partial charge in [0.25, 0.3) is 11.4 Å². The van der Waals surface area contributed by atoms with Gasteiger partial charge in [-0.25, -0.2) is 68.5 Å². The van der Waals surface area contributed by atoms with Gasteiger partial charge in [0.2, 0.25) is 0 Å². The lowest BCUT2D eigenvalue weighted by atomic mass is 9.83. The number of nitrogens with zero attached hydrogens (tertiary/aromatic N) is 6. The Morgan fingerprint density at radius 3 is 1.00 bits per heavy atom. The molecule has 0 heterocycles. The molecular formula is C37H3F11N6. The number of benzene rings is 4. The Morgan fingerprint density at radius 2 is 0.667 bits per heavy atom. The monoisotopic (exact) mass is 740 g/mol. The number of halogens is 11. The molecule has 0 N–H and O–H groups in total. The van der Waals surface area contributed by atoms with Gasteiger partial charge < -0.3 is 0 Å². The molecule has 0 fully saturated rings. The molecule has 6 nitrogen and oxygen atoms in total. The van der Waals surface area contributed by atoms with Gasteiger partial charge in [0.15, 0.2) is 58.2 Å². The zero-order valence-corrected chi connectivity index (χ0v) is 25.8. The highest BCUT2D eigenvalue weighted by Gasteiger charge is 2.52. The fourth-order valence-corrected chi connectivity index (χ4v) is 7.18. The molecule has 258 valence electrons. The van der Waals surface area contributed by atoms with Gasteiger partial charge in [-0.05, 0) is 29.2 Å². The highest BCUT2D eigenvalue weighted by molar-refractivity contribution is 6.24. The van der Waals surface area contributed by atoms with Gasteiger partial charge in [-0.1, -0.05) is 0 Å². The molecule has 0 aliphatic heterocycles. The van der Waals surface area contributed by atoms with E-state index in [-0.39, 0.29) is 0 Å². The predicted molar refractivity (Wildman–Crippen MR) is 163 cm³/mol. The van der Waals surface area contributed by atoms with E-state index in [9.17, 15) is 10.5 Å². The van der Waals surface area contributed by atoms with Crippen molar-refractivity contribution in [2.45, 2.75) is 6.92 Å². The molecule has 4 aromatic rings. The summed E-state index contributed by atoms with van der Waals surface area (Å²) >= 11 is 0. The van der Waals surface area contributed by atoms with E-state index in [2.05, 4.69) is 19.4 Å². The topological polar surface area (TPSA) is 65.0 Å². The lowest BCUT2D eigenvalue weighted by Gasteiger charge is -2.19. The first-order valence-corrected chi connectivity index (χ1v) is 14.3. The van der Waals surface area contributed by atoms with E-state index >= 15 is 48.3 Å². The maximum atomic E-state index is 16.4. The Labute approximate surface area is 293 Å². The molecule has 17 heteroatoms. The Balaban J connectivity index is 2.02. The average Bonchev–Trinajstić information content (AvgIpc) is 3.82. The molecule has 0 amide bonds. The van der Waals surface area contributed by atoms with Gasteiger partial charge in [0.1, 0.15) is 19.0 Å². The Bertz CT molecular complexity index is 2630. The summed E-state index contributed by atoms with van der Waals surface area (Å²) in [7, 11) is 0. The highest BCUT2D eigenvalue weighted by Crippen LogP contribution is 2.67. The first-order valence-electron chi connectivity index (χ1n) is 14.3. The van der Waals surface area contributed by atoms with E-state index in [1.807, 2.05) is 0 Å². The molecule has 3 aliphatic carbocycles. The van der Waals surface area contributed by atoms with E-state index in [0.29, 0.717) is 6.92 Å². The van der Waals surface area contributed by atoms with Gasteiger partial charge in [-0.15, -0.1) is 0 Å². The predicted octanol–water partition coefficient (Wildman–Crippen LogP) is 10.4. The largest absolute Gasteiger partial charge is 0.528 e. The van der Waals surface area contributed by atoms with Crippen LogP contribution in [0.15, 0.2) is 17.2 Å². The molecule has 54 heavy (non-hydrogen) atoms. The summed E-state index contributed by atoms with van der Waals surface area (Å²) in [5.74, 6) is -26.8. The molecule has 3 aliphatic rings. The summed E-state index contributed by atoms with van der Waals surface area (Å²) in [4.78, 5) is 11.6. The maximum absolute atomic E-state index is 16.4. The van der Waals surface area contributed by atoms with Crippen LogP contribution < -0.4 is 0 Å². The maximum Gasteiger partial charge on any atom is 0.528 e. The minimum atomic E-state index is -2.58. The second-order valence-corrected chi connectivity index (χ2v) is 11.4. The molecule has 0 aromatic heterocycles. The molecule has 0 atom stereocenters. The number of nitriles is 2. The van der Waals surface area contributed by atoms with Crippen molar-refractivity contribution in [1.29, 1.82) is 10.5 Å². The minimum absolute atomic E-state index is 0.693. The van der Waals surface area contributed by atoms with Crippen molar-refractivity contribution in [2.24, 2.45) is 0 Å². The van der Waals surface area contributed by atoms with E-state index < -0.39 is 170 Å². The summed E-state index contributed by atoms with van der Waals surface area (Å²) in [6.07, 6.45) is 0. The van der Waals surface area contributed by atoms with E-state index in [4.69, 9.17) is 26.3 Å². The summed E-state index contributed by atoms with van der Waals surface area (Å²) in [5, 5.41) is 20.0.